The lowest BCUT2D eigenvalue weighted by atomic mass is 10.2. The maximum absolute atomic E-state index is 14.2. The molecule has 2 heterocycles. The predicted molar refractivity (Wildman–Crippen MR) is 108 cm³/mol. The highest BCUT2D eigenvalue weighted by Crippen LogP contribution is 2.32. The van der Waals surface area contributed by atoms with E-state index in [4.69, 9.17) is 4.74 Å². The van der Waals surface area contributed by atoms with Gasteiger partial charge in [0, 0.05) is 23.9 Å². The van der Waals surface area contributed by atoms with Gasteiger partial charge in [-0.1, -0.05) is 6.07 Å². The first kappa shape index (κ1) is 20.5. The molecule has 0 radical (unpaired) electrons. The van der Waals surface area contributed by atoms with E-state index in [0.717, 1.165) is 28.4 Å². The van der Waals surface area contributed by atoms with Crippen LogP contribution in [0.25, 0.3) is 6.08 Å². The summed E-state index contributed by atoms with van der Waals surface area (Å²) in [5.74, 6) is -3.54. The number of cyclic esters (lactones) is 1. The van der Waals surface area contributed by atoms with Crippen molar-refractivity contribution >= 4 is 46.0 Å². The van der Waals surface area contributed by atoms with E-state index < -0.39 is 29.3 Å². The number of halogens is 3. The van der Waals surface area contributed by atoms with Crippen molar-refractivity contribution in [3.05, 3.63) is 82.3 Å². The lowest BCUT2D eigenvalue weighted by Gasteiger charge is -2.18. The number of rotatable bonds is 4. The number of ether oxygens (including phenoxy) is 1. The Morgan fingerprint density at radius 1 is 1.13 bits per heavy atom. The van der Waals surface area contributed by atoms with Gasteiger partial charge in [-0.3, -0.25) is 9.69 Å². The monoisotopic (exact) mass is 443 g/mol. The lowest BCUT2D eigenvalue weighted by molar-refractivity contribution is -0.130. The van der Waals surface area contributed by atoms with Crippen LogP contribution >= 0.6 is 11.3 Å². The molecule has 0 aliphatic carbocycles. The molecule has 3 aromatic rings. The Morgan fingerprint density at radius 2 is 1.90 bits per heavy atom. The summed E-state index contributed by atoms with van der Waals surface area (Å²) in [6.07, 6.45) is 1.33. The highest BCUT2D eigenvalue weighted by Gasteiger charge is 2.26. The van der Waals surface area contributed by atoms with Gasteiger partial charge in [-0.15, -0.1) is 11.3 Å². The smallest absolute Gasteiger partial charge is 0.363 e. The predicted octanol–water partition coefficient (Wildman–Crippen LogP) is 4.59. The maximum Gasteiger partial charge on any atom is 0.363 e. The van der Waals surface area contributed by atoms with Gasteiger partial charge in [0.2, 0.25) is 11.8 Å². The zero-order valence-corrected chi connectivity index (χ0v) is 16.6. The second kappa shape index (κ2) is 8.15. The molecular formula is C21H12F3N3O3S. The van der Waals surface area contributed by atoms with E-state index in [-0.39, 0.29) is 28.1 Å². The summed E-state index contributed by atoms with van der Waals surface area (Å²) in [6, 6.07) is 8.26. The molecule has 156 valence electrons. The number of hydrogen-bond donors (Lipinski definition) is 0. The molecule has 6 nitrogen and oxygen atoms in total. The molecule has 0 fully saturated rings. The normalized spacial score (nSPS) is 14.5. The molecule has 31 heavy (non-hydrogen) atoms. The molecule has 0 saturated heterocycles. The number of aromatic nitrogens is 1. The second-order valence-electron chi connectivity index (χ2n) is 6.35. The van der Waals surface area contributed by atoms with Gasteiger partial charge < -0.3 is 4.74 Å². The molecule has 0 atom stereocenters. The van der Waals surface area contributed by atoms with Crippen LogP contribution in [0, 0.1) is 17.5 Å². The highest BCUT2D eigenvalue weighted by atomic mass is 32.1. The average Bonchev–Trinajstić information content (AvgIpc) is 3.31. The van der Waals surface area contributed by atoms with Crippen LogP contribution in [0.1, 0.15) is 18.2 Å². The molecule has 1 amide bonds. The van der Waals surface area contributed by atoms with Crippen molar-refractivity contribution in [2.24, 2.45) is 4.99 Å². The summed E-state index contributed by atoms with van der Waals surface area (Å²) in [6.45, 7) is 1.21. The van der Waals surface area contributed by atoms with Crippen LogP contribution in [0.3, 0.4) is 0 Å². The van der Waals surface area contributed by atoms with Gasteiger partial charge in [-0.2, -0.15) is 0 Å². The summed E-state index contributed by atoms with van der Waals surface area (Å²) in [7, 11) is 0. The van der Waals surface area contributed by atoms with E-state index in [2.05, 4.69) is 9.98 Å². The molecule has 0 N–H and O–H groups in total. The quantitative estimate of drug-likeness (QED) is 0.437. The third-order valence-corrected chi connectivity index (χ3v) is 4.99. The first-order chi connectivity index (χ1) is 14.8. The largest absolute Gasteiger partial charge is 0.402 e. The van der Waals surface area contributed by atoms with E-state index in [1.165, 1.54) is 36.6 Å². The van der Waals surface area contributed by atoms with Gasteiger partial charge in [0.1, 0.15) is 17.5 Å². The van der Waals surface area contributed by atoms with Gasteiger partial charge >= 0.3 is 5.97 Å². The van der Waals surface area contributed by atoms with Crippen LogP contribution in [0.4, 0.5) is 24.0 Å². The zero-order chi connectivity index (χ0) is 22.1. The average molecular weight is 443 g/mol. The summed E-state index contributed by atoms with van der Waals surface area (Å²) in [4.78, 5) is 33.5. The van der Waals surface area contributed by atoms with Crippen molar-refractivity contribution in [2.75, 3.05) is 4.90 Å². The van der Waals surface area contributed by atoms with Crippen LogP contribution < -0.4 is 4.90 Å². The molecule has 10 heteroatoms. The van der Waals surface area contributed by atoms with E-state index >= 15 is 0 Å². The molecular weight excluding hydrogens is 431 g/mol. The first-order valence-electron chi connectivity index (χ1n) is 8.81. The maximum atomic E-state index is 14.2. The summed E-state index contributed by atoms with van der Waals surface area (Å²) >= 11 is 1.02. The standard InChI is InChI=1S/C21H12F3N3O3S/c1-11(28)27(18-6-5-14(23)8-16(18)24)21-25-15(10-31-21)9-17-20(29)30-19(26-17)12-3-2-4-13(22)7-12/h2-10H,1H3/b17-9+. The highest BCUT2D eigenvalue weighted by molar-refractivity contribution is 7.14. The van der Waals surface area contributed by atoms with Crippen LogP contribution in [0.5, 0.6) is 0 Å². The van der Waals surface area contributed by atoms with Crippen molar-refractivity contribution in [2.45, 2.75) is 6.92 Å². The molecule has 0 bridgehead atoms. The van der Waals surface area contributed by atoms with Gasteiger partial charge in [0.25, 0.3) is 0 Å². The van der Waals surface area contributed by atoms with Crippen LogP contribution in [-0.2, 0) is 14.3 Å². The third-order valence-electron chi connectivity index (χ3n) is 4.14. The third kappa shape index (κ3) is 4.24. The number of thiazole rings is 1. The van der Waals surface area contributed by atoms with Gasteiger partial charge in [0.15, 0.2) is 10.8 Å². The molecule has 1 aliphatic heterocycles. The Bertz CT molecular complexity index is 1270. The summed E-state index contributed by atoms with van der Waals surface area (Å²) in [5.41, 5.74) is 0.336. The molecule has 1 aliphatic rings. The number of nitrogens with zero attached hydrogens (tertiary/aromatic N) is 3. The number of carbonyl (C=O) groups is 2. The van der Waals surface area contributed by atoms with E-state index in [9.17, 15) is 22.8 Å². The minimum absolute atomic E-state index is 0.0510. The SMILES string of the molecule is CC(=O)N(c1nc(/C=C2/N=C(c3cccc(F)c3)OC2=O)cs1)c1ccc(F)cc1F. The van der Waals surface area contributed by atoms with E-state index in [1.54, 1.807) is 6.07 Å². The molecule has 4 rings (SSSR count). The molecule has 1 aromatic heterocycles. The Balaban J connectivity index is 1.65. The van der Waals surface area contributed by atoms with Crippen molar-refractivity contribution in [1.29, 1.82) is 0 Å². The fourth-order valence-electron chi connectivity index (χ4n) is 2.81. The fourth-order valence-corrected chi connectivity index (χ4v) is 3.65. The van der Waals surface area contributed by atoms with Crippen molar-refractivity contribution in [3.8, 4) is 0 Å². The summed E-state index contributed by atoms with van der Waals surface area (Å²) < 4.78 is 45.9. The number of hydrogen-bond acceptors (Lipinski definition) is 6. The fraction of sp³-hybridized carbons (Fsp3) is 0.0476. The van der Waals surface area contributed by atoms with Gasteiger partial charge in [0.05, 0.1) is 11.4 Å². The van der Waals surface area contributed by atoms with Crippen LogP contribution in [0.15, 0.2) is 58.5 Å². The minimum Gasteiger partial charge on any atom is -0.402 e. The topological polar surface area (TPSA) is 71.9 Å². The molecule has 0 spiro atoms. The Kier molecular flexibility index (Phi) is 5.38. The number of esters is 1. The zero-order valence-electron chi connectivity index (χ0n) is 15.8. The number of anilines is 2. The molecule has 0 unspecified atom stereocenters. The number of aliphatic imine (C=N–C) groups is 1. The van der Waals surface area contributed by atoms with Gasteiger partial charge in [-0.05, 0) is 36.4 Å². The minimum atomic E-state index is -0.922. The van der Waals surface area contributed by atoms with Crippen molar-refractivity contribution in [1.82, 2.24) is 4.98 Å². The second-order valence-corrected chi connectivity index (χ2v) is 7.19. The lowest BCUT2D eigenvalue weighted by Crippen LogP contribution is -2.23. The van der Waals surface area contributed by atoms with Crippen LogP contribution in [0.2, 0.25) is 0 Å². The van der Waals surface area contributed by atoms with E-state index in [1.807, 2.05) is 0 Å². The number of carbonyl (C=O) groups excluding carboxylic acids is 2. The van der Waals surface area contributed by atoms with Crippen molar-refractivity contribution < 1.29 is 27.5 Å². The Morgan fingerprint density at radius 3 is 2.61 bits per heavy atom. The summed E-state index contributed by atoms with van der Waals surface area (Å²) in [5, 5.41) is 1.65. The number of benzene rings is 2. The van der Waals surface area contributed by atoms with Crippen molar-refractivity contribution in [3.63, 3.8) is 0 Å². The first-order valence-corrected chi connectivity index (χ1v) is 9.69. The Labute approximate surface area is 177 Å². The molecule has 2 aromatic carbocycles. The molecule has 0 saturated carbocycles. The van der Waals surface area contributed by atoms with Gasteiger partial charge in [-0.25, -0.2) is 27.9 Å². The Hall–Kier alpha value is -3.79. The van der Waals surface area contributed by atoms with Crippen LogP contribution in [-0.4, -0.2) is 22.8 Å². The van der Waals surface area contributed by atoms with E-state index in [0.29, 0.717) is 11.6 Å². The number of amides is 1.